The van der Waals surface area contributed by atoms with Crippen LogP contribution in [0.15, 0.2) is 103 Å². The fourth-order valence-corrected chi connectivity index (χ4v) is 3.84. The van der Waals surface area contributed by atoms with Gasteiger partial charge in [-0.25, -0.2) is 4.98 Å². The van der Waals surface area contributed by atoms with Gasteiger partial charge in [0.05, 0.1) is 5.41 Å². The molecule has 3 heteroatoms. The SMILES string of the molecule is Nc1ccc(C(c2ccccc2)(c2ccccc2)c2ccccc2)c(N)n1. The van der Waals surface area contributed by atoms with E-state index in [0.717, 1.165) is 22.3 Å². The van der Waals surface area contributed by atoms with Crippen LogP contribution in [0.4, 0.5) is 11.6 Å². The summed E-state index contributed by atoms with van der Waals surface area (Å²) in [6.45, 7) is 0. The van der Waals surface area contributed by atoms with Crippen molar-refractivity contribution < 1.29 is 0 Å². The molecule has 1 aromatic heterocycles. The number of benzene rings is 3. The Morgan fingerprint density at radius 3 is 1.30 bits per heavy atom. The summed E-state index contributed by atoms with van der Waals surface area (Å²) in [6, 6.07) is 35.0. The van der Waals surface area contributed by atoms with Crippen molar-refractivity contribution in [1.82, 2.24) is 4.98 Å². The predicted octanol–water partition coefficient (Wildman–Crippen LogP) is 4.63. The molecule has 1 heterocycles. The summed E-state index contributed by atoms with van der Waals surface area (Å²) >= 11 is 0. The summed E-state index contributed by atoms with van der Waals surface area (Å²) in [5.41, 5.74) is 16.0. The fraction of sp³-hybridized carbons (Fsp3) is 0.0417. The highest BCUT2D eigenvalue weighted by Gasteiger charge is 2.40. The molecular formula is C24H21N3. The lowest BCUT2D eigenvalue weighted by molar-refractivity contribution is 0.744. The zero-order valence-electron chi connectivity index (χ0n) is 14.9. The van der Waals surface area contributed by atoms with Crippen LogP contribution in [0, 0.1) is 0 Å². The van der Waals surface area contributed by atoms with Crippen molar-refractivity contribution in [3.05, 3.63) is 125 Å². The second kappa shape index (κ2) is 6.96. The third kappa shape index (κ3) is 2.83. The Morgan fingerprint density at radius 2 is 0.926 bits per heavy atom. The highest BCUT2D eigenvalue weighted by atomic mass is 14.9. The zero-order chi connectivity index (χ0) is 18.7. The molecule has 0 fully saturated rings. The number of anilines is 2. The Bertz CT molecular complexity index is 932. The van der Waals surface area contributed by atoms with Gasteiger partial charge in [0.2, 0.25) is 0 Å². The summed E-state index contributed by atoms with van der Waals surface area (Å²) in [7, 11) is 0. The van der Waals surface area contributed by atoms with Gasteiger partial charge in [-0.2, -0.15) is 0 Å². The van der Waals surface area contributed by atoms with Gasteiger partial charge in [-0.15, -0.1) is 0 Å². The minimum atomic E-state index is -0.589. The van der Waals surface area contributed by atoms with Gasteiger partial charge in [-0.3, -0.25) is 0 Å². The maximum absolute atomic E-state index is 6.43. The van der Waals surface area contributed by atoms with Crippen LogP contribution in [0.25, 0.3) is 0 Å². The lowest BCUT2D eigenvalue weighted by Gasteiger charge is -2.37. The van der Waals surface area contributed by atoms with Gasteiger partial charge < -0.3 is 11.5 Å². The van der Waals surface area contributed by atoms with Crippen molar-refractivity contribution in [1.29, 1.82) is 0 Å². The first-order valence-corrected chi connectivity index (χ1v) is 8.92. The van der Waals surface area contributed by atoms with Crippen molar-refractivity contribution in [3.63, 3.8) is 0 Å². The molecule has 0 atom stereocenters. The molecule has 0 aliphatic rings. The molecule has 0 spiro atoms. The van der Waals surface area contributed by atoms with Gasteiger partial charge in [-0.05, 0) is 22.8 Å². The molecule has 0 aliphatic carbocycles. The standard InChI is InChI=1S/C24H21N3/c25-22-17-16-21(23(26)27-22)24(18-10-4-1-5-11-18,19-12-6-2-7-13-19)20-14-8-3-9-15-20/h1-17H,(H4,25,26,27). The molecule has 132 valence electrons. The number of nitrogen functional groups attached to an aromatic ring is 2. The van der Waals surface area contributed by atoms with Crippen LogP contribution in [0.2, 0.25) is 0 Å². The second-order valence-electron chi connectivity index (χ2n) is 6.52. The van der Waals surface area contributed by atoms with Crippen molar-refractivity contribution >= 4 is 11.6 Å². The zero-order valence-corrected chi connectivity index (χ0v) is 14.9. The Labute approximate surface area is 159 Å². The van der Waals surface area contributed by atoms with E-state index in [-0.39, 0.29) is 0 Å². The van der Waals surface area contributed by atoms with Crippen LogP contribution in [0.5, 0.6) is 0 Å². The summed E-state index contributed by atoms with van der Waals surface area (Å²) in [5, 5.41) is 0. The number of hydrogen-bond donors (Lipinski definition) is 2. The molecule has 0 saturated carbocycles. The minimum Gasteiger partial charge on any atom is -0.384 e. The number of nitrogens with zero attached hydrogens (tertiary/aromatic N) is 1. The number of aromatic nitrogens is 1. The summed E-state index contributed by atoms with van der Waals surface area (Å²) in [5.74, 6) is 0.853. The molecule has 0 aliphatic heterocycles. The maximum Gasteiger partial charge on any atom is 0.130 e. The topological polar surface area (TPSA) is 64.9 Å². The molecule has 0 bridgehead atoms. The number of nitrogens with two attached hydrogens (primary N) is 2. The smallest absolute Gasteiger partial charge is 0.130 e. The van der Waals surface area contributed by atoms with Crippen molar-refractivity contribution in [2.75, 3.05) is 11.5 Å². The number of hydrogen-bond acceptors (Lipinski definition) is 3. The summed E-state index contributed by atoms with van der Waals surface area (Å²) < 4.78 is 0. The highest BCUT2D eigenvalue weighted by molar-refractivity contribution is 5.65. The van der Waals surface area contributed by atoms with E-state index in [9.17, 15) is 0 Å². The van der Waals surface area contributed by atoms with Crippen LogP contribution in [0.1, 0.15) is 22.3 Å². The van der Waals surface area contributed by atoms with E-state index >= 15 is 0 Å². The van der Waals surface area contributed by atoms with E-state index in [1.807, 2.05) is 30.3 Å². The molecule has 0 amide bonds. The fourth-order valence-electron chi connectivity index (χ4n) is 3.84. The number of rotatable bonds is 4. The van der Waals surface area contributed by atoms with Gasteiger partial charge in [0, 0.05) is 5.56 Å². The van der Waals surface area contributed by atoms with E-state index in [1.54, 1.807) is 0 Å². The first-order chi connectivity index (χ1) is 13.2. The van der Waals surface area contributed by atoms with Crippen LogP contribution in [0.3, 0.4) is 0 Å². The predicted molar refractivity (Wildman–Crippen MR) is 111 cm³/mol. The number of pyridine rings is 1. The minimum absolute atomic E-state index is 0.416. The molecule has 4 aromatic rings. The molecule has 3 aromatic carbocycles. The van der Waals surface area contributed by atoms with Gasteiger partial charge in [-0.1, -0.05) is 97.1 Å². The molecule has 3 nitrogen and oxygen atoms in total. The first-order valence-electron chi connectivity index (χ1n) is 8.92. The van der Waals surface area contributed by atoms with Gasteiger partial charge >= 0.3 is 0 Å². The Balaban J connectivity index is 2.16. The van der Waals surface area contributed by atoms with Gasteiger partial charge in [0.1, 0.15) is 11.6 Å². The Hall–Kier alpha value is -3.59. The molecule has 0 radical (unpaired) electrons. The van der Waals surface area contributed by atoms with E-state index < -0.39 is 5.41 Å². The highest BCUT2D eigenvalue weighted by Crippen LogP contribution is 2.46. The van der Waals surface area contributed by atoms with Crippen LogP contribution in [-0.4, -0.2) is 4.98 Å². The van der Waals surface area contributed by atoms with Crippen LogP contribution in [-0.2, 0) is 5.41 Å². The quantitative estimate of drug-likeness (QED) is 0.527. The lowest BCUT2D eigenvalue weighted by Crippen LogP contribution is -2.32. The Morgan fingerprint density at radius 1 is 0.519 bits per heavy atom. The van der Waals surface area contributed by atoms with Crippen molar-refractivity contribution in [3.8, 4) is 0 Å². The van der Waals surface area contributed by atoms with Gasteiger partial charge in [0.15, 0.2) is 0 Å². The maximum atomic E-state index is 6.43. The van der Waals surface area contributed by atoms with E-state index in [2.05, 4.69) is 77.8 Å². The van der Waals surface area contributed by atoms with Crippen molar-refractivity contribution in [2.24, 2.45) is 0 Å². The first kappa shape index (κ1) is 16.9. The van der Waals surface area contributed by atoms with Crippen LogP contribution >= 0.6 is 0 Å². The third-order valence-electron chi connectivity index (χ3n) is 4.97. The molecule has 0 saturated heterocycles. The summed E-state index contributed by atoms with van der Waals surface area (Å²) in [4.78, 5) is 4.37. The van der Waals surface area contributed by atoms with E-state index in [4.69, 9.17) is 11.5 Å². The van der Waals surface area contributed by atoms with Crippen molar-refractivity contribution in [2.45, 2.75) is 5.41 Å². The largest absolute Gasteiger partial charge is 0.384 e. The molecule has 0 unspecified atom stereocenters. The normalized spacial score (nSPS) is 11.3. The molecule has 27 heavy (non-hydrogen) atoms. The van der Waals surface area contributed by atoms with Crippen LogP contribution < -0.4 is 11.5 Å². The average molecular weight is 351 g/mol. The molecule has 4 N–H and O–H groups in total. The average Bonchev–Trinajstić information content (AvgIpc) is 2.72. The monoisotopic (exact) mass is 351 g/mol. The third-order valence-corrected chi connectivity index (χ3v) is 4.97. The van der Waals surface area contributed by atoms with E-state index in [1.165, 1.54) is 0 Å². The molecular weight excluding hydrogens is 330 g/mol. The second-order valence-corrected chi connectivity index (χ2v) is 6.52. The summed E-state index contributed by atoms with van der Waals surface area (Å²) in [6.07, 6.45) is 0. The lowest BCUT2D eigenvalue weighted by atomic mass is 9.65. The van der Waals surface area contributed by atoms with E-state index in [0.29, 0.717) is 11.6 Å². The van der Waals surface area contributed by atoms with Gasteiger partial charge in [0.25, 0.3) is 0 Å². The molecule has 4 rings (SSSR count). The Kier molecular flexibility index (Phi) is 4.35.